The van der Waals surface area contributed by atoms with E-state index in [0.717, 1.165) is 5.56 Å². The van der Waals surface area contributed by atoms with Crippen LogP contribution in [-0.4, -0.2) is 13.0 Å². The molecule has 0 radical (unpaired) electrons. The SMILES string of the molecule is CC=CC=CC(=O)Nc1cc(C)ccc1OC. The minimum Gasteiger partial charge on any atom is -0.495 e. The highest BCUT2D eigenvalue weighted by Gasteiger charge is 2.04. The summed E-state index contributed by atoms with van der Waals surface area (Å²) in [5, 5.41) is 2.78. The van der Waals surface area contributed by atoms with Crippen LogP contribution in [0.15, 0.2) is 42.5 Å². The number of benzene rings is 1. The standard InChI is InChI=1S/C14H17NO2/c1-4-5-6-7-14(16)15-12-10-11(2)8-9-13(12)17-3/h4-10H,1-3H3,(H,15,16). The van der Waals surface area contributed by atoms with E-state index in [2.05, 4.69) is 5.32 Å². The third kappa shape index (κ3) is 4.15. The molecule has 0 saturated heterocycles. The van der Waals surface area contributed by atoms with Crippen molar-refractivity contribution in [3.05, 3.63) is 48.1 Å². The van der Waals surface area contributed by atoms with Crippen LogP contribution in [0.4, 0.5) is 5.69 Å². The van der Waals surface area contributed by atoms with Crippen LogP contribution in [-0.2, 0) is 4.79 Å². The third-order valence-electron chi connectivity index (χ3n) is 2.16. The van der Waals surface area contributed by atoms with Gasteiger partial charge in [-0.15, -0.1) is 0 Å². The summed E-state index contributed by atoms with van der Waals surface area (Å²) in [5.74, 6) is 0.482. The van der Waals surface area contributed by atoms with Crippen LogP contribution in [0.3, 0.4) is 0 Å². The van der Waals surface area contributed by atoms with E-state index in [4.69, 9.17) is 4.74 Å². The first-order chi connectivity index (χ1) is 8.17. The van der Waals surface area contributed by atoms with E-state index in [1.165, 1.54) is 6.08 Å². The lowest BCUT2D eigenvalue weighted by molar-refractivity contribution is -0.111. The van der Waals surface area contributed by atoms with E-state index in [0.29, 0.717) is 11.4 Å². The molecule has 0 atom stereocenters. The predicted molar refractivity (Wildman–Crippen MR) is 70.3 cm³/mol. The van der Waals surface area contributed by atoms with E-state index in [1.807, 2.05) is 38.1 Å². The molecule has 1 rings (SSSR count). The molecule has 0 unspecified atom stereocenters. The lowest BCUT2D eigenvalue weighted by Gasteiger charge is -2.09. The van der Waals surface area contributed by atoms with Crippen molar-refractivity contribution in [3.63, 3.8) is 0 Å². The fourth-order valence-electron chi connectivity index (χ4n) is 1.35. The smallest absolute Gasteiger partial charge is 0.248 e. The van der Waals surface area contributed by atoms with Crippen molar-refractivity contribution in [1.82, 2.24) is 0 Å². The molecule has 1 aromatic carbocycles. The Hall–Kier alpha value is -2.03. The topological polar surface area (TPSA) is 38.3 Å². The molecule has 1 N–H and O–H groups in total. The number of carbonyl (C=O) groups excluding carboxylic acids is 1. The first-order valence-corrected chi connectivity index (χ1v) is 5.42. The number of amides is 1. The van der Waals surface area contributed by atoms with Crippen molar-refractivity contribution in [3.8, 4) is 5.75 Å². The van der Waals surface area contributed by atoms with Gasteiger partial charge in [-0.3, -0.25) is 4.79 Å². The molecule has 0 aliphatic carbocycles. The summed E-state index contributed by atoms with van der Waals surface area (Å²) in [5.41, 5.74) is 1.75. The van der Waals surface area contributed by atoms with Gasteiger partial charge in [-0.2, -0.15) is 0 Å². The van der Waals surface area contributed by atoms with Crippen molar-refractivity contribution in [2.45, 2.75) is 13.8 Å². The van der Waals surface area contributed by atoms with Crippen LogP contribution < -0.4 is 10.1 Å². The largest absolute Gasteiger partial charge is 0.495 e. The third-order valence-corrected chi connectivity index (χ3v) is 2.16. The summed E-state index contributed by atoms with van der Waals surface area (Å²) in [7, 11) is 1.58. The minimum atomic E-state index is -0.174. The molecule has 0 fully saturated rings. The van der Waals surface area contributed by atoms with Crippen LogP contribution in [0.25, 0.3) is 0 Å². The fourth-order valence-corrected chi connectivity index (χ4v) is 1.35. The molecule has 90 valence electrons. The number of ether oxygens (including phenoxy) is 1. The van der Waals surface area contributed by atoms with Crippen LogP contribution in [0, 0.1) is 6.92 Å². The average Bonchev–Trinajstić information content (AvgIpc) is 2.29. The maximum absolute atomic E-state index is 11.6. The molecular weight excluding hydrogens is 214 g/mol. The van der Waals surface area contributed by atoms with Gasteiger partial charge in [0.05, 0.1) is 12.8 Å². The summed E-state index contributed by atoms with van der Waals surface area (Å²) < 4.78 is 5.17. The number of aryl methyl sites for hydroxylation is 1. The normalized spacial score (nSPS) is 11.0. The molecule has 0 aliphatic rings. The van der Waals surface area contributed by atoms with E-state index in [-0.39, 0.29) is 5.91 Å². The second kappa shape index (κ2) is 6.53. The fraction of sp³-hybridized carbons (Fsp3) is 0.214. The molecule has 0 saturated carbocycles. The summed E-state index contributed by atoms with van der Waals surface area (Å²) in [6.45, 7) is 3.86. The van der Waals surface area contributed by atoms with Crippen molar-refractivity contribution >= 4 is 11.6 Å². The van der Waals surface area contributed by atoms with Gasteiger partial charge in [-0.1, -0.05) is 24.3 Å². The van der Waals surface area contributed by atoms with Crippen molar-refractivity contribution in [2.24, 2.45) is 0 Å². The highest BCUT2D eigenvalue weighted by molar-refractivity contribution is 6.00. The zero-order valence-corrected chi connectivity index (χ0v) is 10.4. The number of anilines is 1. The van der Waals surface area contributed by atoms with Crippen LogP contribution in [0.5, 0.6) is 5.75 Å². The lowest BCUT2D eigenvalue weighted by atomic mass is 10.2. The van der Waals surface area contributed by atoms with Crippen LogP contribution in [0.2, 0.25) is 0 Å². The molecular formula is C14H17NO2. The first-order valence-electron chi connectivity index (χ1n) is 5.42. The molecule has 0 aromatic heterocycles. The number of nitrogens with one attached hydrogen (secondary N) is 1. The quantitative estimate of drug-likeness (QED) is 0.638. The molecule has 3 nitrogen and oxygen atoms in total. The number of hydrogen-bond donors (Lipinski definition) is 1. The van der Waals surface area contributed by atoms with Gasteiger partial charge in [0.2, 0.25) is 5.91 Å². The monoisotopic (exact) mass is 231 g/mol. The Morgan fingerprint density at radius 2 is 2.12 bits per heavy atom. The number of allylic oxidation sites excluding steroid dienone is 3. The average molecular weight is 231 g/mol. The number of methoxy groups -OCH3 is 1. The van der Waals surface area contributed by atoms with E-state index >= 15 is 0 Å². The first kappa shape index (κ1) is 13.0. The molecule has 3 heteroatoms. The molecule has 1 aromatic rings. The highest BCUT2D eigenvalue weighted by atomic mass is 16.5. The van der Waals surface area contributed by atoms with Gasteiger partial charge in [-0.05, 0) is 31.5 Å². The van der Waals surface area contributed by atoms with Crippen LogP contribution >= 0.6 is 0 Å². The molecule has 0 bridgehead atoms. The molecule has 17 heavy (non-hydrogen) atoms. The van der Waals surface area contributed by atoms with Crippen molar-refractivity contribution in [1.29, 1.82) is 0 Å². The van der Waals surface area contributed by atoms with E-state index < -0.39 is 0 Å². The Morgan fingerprint density at radius 3 is 2.76 bits per heavy atom. The highest BCUT2D eigenvalue weighted by Crippen LogP contribution is 2.24. The van der Waals surface area contributed by atoms with Crippen molar-refractivity contribution in [2.75, 3.05) is 12.4 Å². The maximum atomic E-state index is 11.6. The second-order valence-corrected chi connectivity index (χ2v) is 3.58. The molecule has 0 heterocycles. The van der Waals surface area contributed by atoms with Crippen LogP contribution in [0.1, 0.15) is 12.5 Å². The number of carbonyl (C=O) groups is 1. The molecule has 0 spiro atoms. The van der Waals surface area contributed by atoms with Gasteiger partial charge in [-0.25, -0.2) is 0 Å². The minimum absolute atomic E-state index is 0.174. The Morgan fingerprint density at radius 1 is 1.35 bits per heavy atom. The maximum Gasteiger partial charge on any atom is 0.248 e. The number of rotatable bonds is 4. The van der Waals surface area contributed by atoms with E-state index in [9.17, 15) is 4.79 Å². The Balaban J connectivity index is 2.80. The van der Waals surface area contributed by atoms with Gasteiger partial charge in [0, 0.05) is 6.08 Å². The Kier molecular flexibility index (Phi) is 5.01. The zero-order valence-electron chi connectivity index (χ0n) is 10.4. The zero-order chi connectivity index (χ0) is 12.7. The Labute approximate surface area is 102 Å². The summed E-state index contributed by atoms with van der Waals surface area (Å²) >= 11 is 0. The summed E-state index contributed by atoms with van der Waals surface area (Å²) in [6, 6.07) is 5.64. The Bertz CT molecular complexity index is 448. The molecule has 1 amide bonds. The van der Waals surface area contributed by atoms with Gasteiger partial charge >= 0.3 is 0 Å². The summed E-state index contributed by atoms with van der Waals surface area (Å²) in [4.78, 5) is 11.6. The van der Waals surface area contributed by atoms with E-state index in [1.54, 1.807) is 19.3 Å². The summed E-state index contributed by atoms with van der Waals surface area (Å²) in [6.07, 6.45) is 6.82. The van der Waals surface area contributed by atoms with Crippen molar-refractivity contribution < 1.29 is 9.53 Å². The van der Waals surface area contributed by atoms with Gasteiger partial charge in [0.15, 0.2) is 0 Å². The lowest BCUT2D eigenvalue weighted by Crippen LogP contribution is -2.09. The van der Waals surface area contributed by atoms with Gasteiger partial charge < -0.3 is 10.1 Å². The number of hydrogen-bond acceptors (Lipinski definition) is 2. The predicted octanol–water partition coefficient (Wildman–Crippen LogP) is 3.07. The van der Waals surface area contributed by atoms with Gasteiger partial charge in [0.1, 0.15) is 5.75 Å². The molecule has 0 aliphatic heterocycles. The second-order valence-electron chi connectivity index (χ2n) is 3.58. The van der Waals surface area contributed by atoms with Gasteiger partial charge in [0.25, 0.3) is 0 Å².